The summed E-state index contributed by atoms with van der Waals surface area (Å²) in [5.41, 5.74) is 0.865. The first-order valence-electron chi connectivity index (χ1n) is 9.03. The van der Waals surface area contributed by atoms with Gasteiger partial charge in [-0.2, -0.15) is 9.29 Å². The third-order valence-electron chi connectivity index (χ3n) is 4.50. The lowest BCUT2D eigenvalue weighted by molar-refractivity contribution is 0.383. The molecule has 0 spiro atoms. The lowest BCUT2D eigenvalue weighted by Crippen LogP contribution is -2.49. The van der Waals surface area contributed by atoms with Crippen LogP contribution in [-0.4, -0.2) is 62.5 Å². The molecule has 28 heavy (non-hydrogen) atoms. The molecule has 1 aliphatic rings. The molecule has 10 heteroatoms. The highest BCUT2D eigenvalue weighted by Gasteiger charge is 2.29. The maximum atomic E-state index is 12.9. The van der Waals surface area contributed by atoms with E-state index in [2.05, 4.69) is 20.2 Å². The Labute approximate surface area is 170 Å². The van der Waals surface area contributed by atoms with E-state index in [1.54, 1.807) is 6.07 Å². The molecule has 8 nitrogen and oxygen atoms in total. The maximum Gasteiger partial charge on any atom is 0.243 e. The third kappa shape index (κ3) is 4.31. The fourth-order valence-electron chi connectivity index (χ4n) is 3.07. The summed E-state index contributed by atoms with van der Waals surface area (Å²) in [5.74, 6) is 1.83. The van der Waals surface area contributed by atoms with Gasteiger partial charge in [-0.05, 0) is 32.0 Å². The number of rotatable bonds is 6. The second-order valence-electron chi connectivity index (χ2n) is 6.41. The Kier molecular flexibility index (Phi) is 6.26. The van der Waals surface area contributed by atoms with Crippen LogP contribution in [0, 0.1) is 6.92 Å². The summed E-state index contributed by atoms with van der Waals surface area (Å²) >= 11 is 6.10. The minimum Gasteiger partial charge on any atom is -0.495 e. The van der Waals surface area contributed by atoms with Crippen molar-refractivity contribution in [3.63, 3.8) is 0 Å². The number of nitrogens with zero attached hydrogens (tertiary/aromatic N) is 4. The van der Waals surface area contributed by atoms with Crippen molar-refractivity contribution >= 4 is 33.4 Å². The first-order chi connectivity index (χ1) is 13.3. The number of anilines is 2. The van der Waals surface area contributed by atoms with Crippen LogP contribution in [-0.2, 0) is 10.0 Å². The minimum absolute atomic E-state index is 0.166. The second-order valence-corrected chi connectivity index (χ2v) is 8.75. The van der Waals surface area contributed by atoms with Crippen LogP contribution < -0.4 is 15.0 Å². The number of aryl methyl sites for hydroxylation is 1. The van der Waals surface area contributed by atoms with E-state index in [0.717, 1.165) is 18.1 Å². The summed E-state index contributed by atoms with van der Waals surface area (Å²) in [7, 11) is -2.13. The van der Waals surface area contributed by atoms with Crippen molar-refractivity contribution in [2.24, 2.45) is 0 Å². The van der Waals surface area contributed by atoms with Gasteiger partial charge >= 0.3 is 0 Å². The molecule has 1 fully saturated rings. The minimum atomic E-state index is -3.62. The lowest BCUT2D eigenvalue weighted by Gasteiger charge is -2.34. The summed E-state index contributed by atoms with van der Waals surface area (Å²) < 4.78 is 32.5. The standard InChI is InChI=1S/C18H24ClN5O3S/c1-4-20-18-21-13(2)11-17(22-18)23-7-9-24(10-8-23)28(25,26)14-5-6-16(27-3)15(19)12-14/h5-6,11-12H,4,7-10H2,1-3H3,(H,20,21,22). The van der Waals surface area contributed by atoms with Gasteiger partial charge < -0.3 is 15.0 Å². The number of sulfonamides is 1. The number of nitrogens with one attached hydrogen (secondary N) is 1. The normalized spacial score (nSPS) is 15.5. The van der Waals surface area contributed by atoms with E-state index >= 15 is 0 Å². The molecule has 0 atom stereocenters. The maximum absolute atomic E-state index is 12.9. The van der Waals surface area contributed by atoms with Crippen molar-refractivity contribution in [1.29, 1.82) is 0 Å². The van der Waals surface area contributed by atoms with Crippen LogP contribution in [0.25, 0.3) is 0 Å². The van der Waals surface area contributed by atoms with Crippen molar-refractivity contribution < 1.29 is 13.2 Å². The first-order valence-corrected chi connectivity index (χ1v) is 10.8. The monoisotopic (exact) mass is 425 g/mol. The zero-order valence-corrected chi connectivity index (χ0v) is 17.7. The molecule has 0 amide bonds. The van der Waals surface area contributed by atoms with Gasteiger partial charge in [0.15, 0.2) is 0 Å². The van der Waals surface area contributed by atoms with Gasteiger partial charge in [-0.3, -0.25) is 0 Å². The highest BCUT2D eigenvalue weighted by atomic mass is 35.5. The number of methoxy groups -OCH3 is 1. The van der Waals surface area contributed by atoms with Gasteiger partial charge in [-0.25, -0.2) is 13.4 Å². The summed E-state index contributed by atoms with van der Waals surface area (Å²) in [6.45, 7) is 6.47. The molecule has 1 aromatic carbocycles. The number of hydrogen-bond acceptors (Lipinski definition) is 7. The number of hydrogen-bond donors (Lipinski definition) is 1. The van der Waals surface area contributed by atoms with Crippen molar-refractivity contribution in [2.75, 3.05) is 50.1 Å². The zero-order chi connectivity index (χ0) is 20.3. The molecule has 1 N–H and O–H groups in total. The van der Waals surface area contributed by atoms with E-state index in [9.17, 15) is 8.42 Å². The summed E-state index contributed by atoms with van der Waals surface area (Å²) in [5, 5.41) is 3.39. The predicted molar refractivity (Wildman–Crippen MR) is 110 cm³/mol. The molecule has 0 saturated carbocycles. The quantitative estimate of drug-likeness (QED) is 0.760. The molecular formula is C18H24ClN5O3S. The Morgan fingerprint density at radius 1 is 1.18 bits per heavy atom. The summed E-state index contributed by atoms with van der Waals surface area (Å²) in [6, 6.07) is 6.42. The molecule has 2 aromatic rings. The van der Waals surface area contributed by atoms with Crippen molar-refractivity contribution in [3.8, 4) is 5.75 Å². The Morgan fingerprint density at radius 3 is 2.50 bits per heavy atom. The summed E-state index contributed by atoms with van der Waals surface area (Å²) in [6.07, 6.45) is 0. The van der Waals surface area contributed by atoms with Gasteiger partial charge in [0.05, 0.1) is 17.0 Å². The van der Waals surface area contributed by atoms with Crippen LogP contribution in [0.3, 0.4) is 0 Å². The number of halogens is 1. The van der Waals surface area contributed by atoms with Gasteiger partial charge in [-0.1, -0.05) is 11.6 Å². The highest BCUT2D eigenvalue weighted by molar-refractivity contribution is 7.89. The number of benzene rings is 1. The molecule has 0 unspecified atom stereocenters. The van der Waals surface area contributed by atoms with E-state index in [1.165, 1.54) is 23.5 Å². The van der Waals surface area contributed by atoms with Crippen LogP contribution in [0.4, 0.5) is 11.8 Å². The average Bonchev–Trinajstić information content (AvgIpc) is 2.68. The first kappa shape index (κ1) is 20.6. The second kappa shape index (κ2) is 8.50. The van der Waals surface area contributed by atoms with Gasteiger partial charge in [0.2, 0.25) is 16.0 Å². The average molecular weight is 426 g/mol. The van der Waals surface area contributed by atoms with E-state index in [1.807, 2.05) is 19.9 Å². The molecular weight excluding hydrogens is 402 g/mol. The SMILES string of the molecule is CCNc1nc(C)cc(N2CCN(S(=O)(=O)c3ccc(OC)c(Cl)c3)CC2)n1. The molecule has 1 saturated heterocycles. The van der Waals surface area contributed by atoms with Crippen molar-refractivity contribution in [2.45, 2.75) is 18.7 Å². The van der Waals surface area contributed by atoms with Gasteiger partial charge in [-0.15, -0.1) is 0 Å². The van der Waals surface area contributed by atoms with Crippen molar-refractivity contribution in [3.05, 3.63) is 35.0 Å². The molecule has 1 aromatic heterocycles. The lowest BCUT2D eigenvalue weighted by atomic mass is 10.3. The molecule has 3 rings (SSSR count). The number of ether oxygens (including phenoxy) is 1. The summed E-state index contributed by atoms with van der Waals surface area (Å²) in [4.78, 5) is 11.1. The Morgan fingerprint density at radius 2 is 1.89 bits per heavy atom. The zero-order valence-electron chi connectivity index (χ0n) is 16.1. The van der Waals surface area contributed by atoms with Gasteiger partial charge in [0.1, 0.15) is 11.6 Å². The molecule has 2 heterocycles. The highest BCUT2D eigenvalue weighted by Crippen LogP contribution is 2.29. The number of aromatic nitrogens is 2. The molecule has 0 aliphatic carbocycles. The van der Waals surface area contributed by atoms with Crippen LogP contribution in [0.1, 0.15) is 12.6 Å². The fourth-order valence-corrected chi connectivity index (χ4v) is 4.84. The third-order valence-corrected chi connectivity index (χ3v) is 6.69. The topological polar surface area (TPSA) is 87.7 Å². The number of piperazine rings is 1. The van der Waals surface area contributed by atoms with Gasteiger partial charge in [0, 0.05) is 44.5 Å². The Bertz CT molecular complexity index is 946. The molecule has 0 bridgehead atoms. The van der Waals surface area contributed by atoms with E-state index in [-0.39, 0.29) is 9.92 Å². The largest absolute Gasteiger partial charge is 0.495 e. The van der Waals surface area contributed by atoms with Crippen LogP contribution >= 0.6 is 11.6 Å². The van der Waals surface area contributed by atoms with E-state index in [4.69, 9.17) is 16.3 Å². The van der Waals surface area contributed by atoms with Gasteiger partial charge in [0.25, 0.3) is 0 Å². The van der Waals surface area contributed by atoms with Crippen LogP contribution in [0.5, 0.6) is 5.75 Å². The van der Waals surface area contributed by atoms with E-state index in [0.29, 0.717) is 37.9 Å². The smallest absolute Gasteiger partial charge is 0.243 e. The Hall–Kier alpha value is -2.10. The predicted octanol–water partition coefficient (Wildman–Crippen LogP) is 2.39. The van der Waals surface area contributed by atoms with Crippen LogP contribution in [0.2, 0.25) is 5.02 Å². The molecule has 1 aliphatic heterocycles. The molecule has 152 valence electrons. The van der Waals surface area contributed by atoms with Crippen LogP contribution in [0.15, 0.2) is 29.2 Å². The van der Waals surface area contributed by atoms with Crippen molar-refractivity contribution in [1.82, 2.24) is 14.3 Å². The Balaban J connectivity index is 1.73. The molecule has 0 radical (unpaired) electrons. The van der Waals surface area contributed by atoms with E-state index < -0.39 is 10.0 Å². The fraction of sp³-hybridized carbons (Fsp3) is 0.444.